The van der Waals surface area contributed by atoms with E-state index in [1.165, 1.54) is 6.07 Å². The molecule has 2 rings (SSSR count). The summed E-state index contributed by atoms with van der Waals surface area (Å²) in [4.78, 5) is 23.8. The van der Waals surface area contributed by atoms with E-state index in [9.17, 15) is 14.7 Å². The van der Waals surface area contributed by atoms with Crippen LogP contribution in [0, 0.1) is 12.8 Å². The summed E-state index contributed by atoms with van der Waals surface area (Å²) in [6.45, 7) is 6.14. The third kappa shape index (κ3) is 4.22. The van der Waals surface area contributed by atoms with Crippen LogP contribution in [0.1, 0.15) is 46.9 Å². The van der Waals surface area contributed by atoms with E-state index in [2.05, 4.69) is 19.2 Å². The van der Waals surface area contributed by atoms with Crippen LogP contribution in [0.3, 0.4) is 0 Å². The van der Waals surface area contributed by atoms with Crippen molar-refractivity contribution >= 4 is 11.9 Å². The molecule has 4 nitrogen and oxygen atoms in total. The van der Waals surface area contributed by atoms with Gasteiger partial charge in [0, 0.05) is 0 Å². The summed E-state index contributed by atoms with van der Waals surface area (Å²) in [7, 11) is 0. The van der Waals surface area contributed by atoms with E-state index in [1.54, 1.807) is 18.2 Å². The van der Waals surface area contributed by atoms with Crippen molar-refractivity contribution in [3.8, 4) is 0 Å². The molecule has 2 N–H and O–H groups in total. The molecule has 0 bridgehead atoms. The lowest BCUT2D eigenvalue weighted by molar-refractivity contribution is -0.121. The number of aromatic carboxylic acids is 1. The molecule has 1 atom stereocenters. The van der Waals surface area contributed by atoms with Crippen molar-refractivity contribution in [3.63, 3.8) is 0 Å². The highest BCUT2D eigenvalue weighted by molar-refractivity contribution is 5.91. The molecule has 0 aromatic heterocycles. The molecule has 0 saturated carbocycles. The molecule has 0 spiro atoms. The molecule has 0 aliphatic heterocycles. The Bertz CT molecular complexity index is 737. The molecule has 0 radical (unpaired) electrons. The lowest BCUT2D eigenvalue weighted by Crippen LogP contribution is -2.33. The molecular formula is C20H23NO3. The van der Waals surface area contributed by atoms with Crippen molar-refractivity contribution < 1.29 is 14.7 Å². The zero-order valence-corrected chi connectivity index (χ0v) is 14.2. The zero-order valence-electron chi connectivity index (χ0n) is 14.2. The van der Waals surface area contributed by atoms with Gasteiger partial charge in [0.1, 0.15) is 0 Å². The average Bonchev–Trinajstić information content (AvgIpc) is 2.53. The molecular weight excluding hydrogens is 302 g/mol. The Kier molecular flexibility index (Phi) is 5.74. The van der Waals surface area contributed by atoms with Crippen molar-refractivity contribution in [3.05, 3.63) is 70.8 Å². The molecule has 0 aliphatic carbocycles. The van der Waals surface area contributed by atoms with E-state index in [0.29, 0.717) is 5.56 Å². The fourth-order valence-corrected chi connectivity index (χ4v) is 2.82. The summed E-state index contributed by atoms with van der Waals surface area (Å²) in [5.74, 6) is -0.965. The van der Waals surface area contributed by atoms with Crippen LogP contribution in [0.25, 0.3) is 0 Å². The van der Waals surface area contributed by atoms with E-state index in [1.807, 2.05) is 31.2 Å². The topological polar surface area (TPSA) is 66.4 Å². The van der Waals surface area contributed by atoms with Crippen molar-refractivity contribution in [2.45, 2.75) is 33.2 Å². The standard InChI is InChI=1S/C20H23NO3/c1-13(2)19(16-10-6-4-8-14(16)3)21-18(22)12-15-9-5-7-11-17(15)20(23)24/h4-11,13,19H,12H2,1-3H3,(H,21,22)(H,23,24). The maximum atomic E-state index is 12.5. The molecule has 0 heterocycles. The molecule has 0 fully saturated rings. The minimum absolute atomic E-state index is 0.0531. The lowest BCUT2D eigenvalue weighted by Gasteiger charge is -2.24. The van der Waals surface area contributed by atoms with Crippen LogP contribution >= 0.6 is 0 Å². The number of carboxylic acids is 1. The van der Waals surface area contributed by atoms with Gasteiger partial charge in [0.15, 0.2) is 0 Å². The molecule has 4 heteroatoms. The van der Waals surface area contributed by atoms with Gasteiger partial charge >= 0.3 is 5.97 Å². The van der Waals surface area contributed by atoms with Gasteiger partial charge in [-0.15, -0.1) is 0 Å². The lowest BCUT2D eigenvalue weighted by atomic mass is 9.92. The first-order valence-electron chi connectivity index (χ1n) is 8.06. The smallest absolute Gasteiger partial charge is 0.335 e. The number of amides is 1. The van der Waals surface area contributed by atoms with Gasteiger partial charge in [0.05, 0.1) is 18.0 Å². The van der Waals surface area contributed by atoms with Gasteiger partial charge < -0.3 is 10.4 Å². The number of carbonyl (C=O) groups excluding carboxylic acids is 1. The van der Waals surface area contributed by atoms with Crippen molar-refractivity contribution in [1.29, 1.82) is 0 Å². The van der Waals surface area contributed by atoms with Crippen LogP contribution < -0.4 is 5.32 Å². The summed E-state index contributed by atoms with van der Waals surface area (Å²) in [6.07, 6.45) is 0.0531. The summed E-state index contributed by atoms with van der Waals surface area (Å²) in [5, 5.41) is 12.3. The highest BCUT2D eigenvalue weighted by atomic mass is 16.4. The summed E-state index contributed by atoms with van der Waals surface area (Å²) < 4.78 is 0. The normalized spacial score (nSPS) is 12.0. The Labute approximate surface area is 142 Å². The summed E-state index contributed by atoms with van der Waals surface area (Å²) in [6, 6.07) is 14.5. The highest BCUT2D eigenvalue weighted by Gasteiger charge is 2.21. The van der Waals surface area contributed by atoms with Gasteiger partial charge in [-0.1, -0.05) is 56.3 Å². The monoisotopic (exact) mass is 325 g/mol. The number of carboxylic acid groups (broad SMARTS) is 1. The van der Waals surface area contributed by atoms with E-state index in [4.69, 9.17) is 0 Å². The Morgan fingerprint density at radius 3 is 2.29 bits per heavy atom. The number of rotatable bonds is 6. The Balaban J connectivity index is 2.18. The van der Waals surface area contributed by atoms with Crippen LogP contribution in [0.4, 0.5) is 0 Å². The van der Waals surface area contributed by atoms with Crippen LogP contribution in [0.5, 0.6) is 0 Å². The fraction of sp³-hybridized carbons (Fsp3) is 0.300. The second kappa shape index (κ2) is 7.77. The maximum Gasteiger partial charge on any atom is 0.335 e. The first kappa shape index (κ1) is 17.7. The predicted molar refractivity (Wildman–Crippen MR) is 94.0 cm³/mol. The third-order valence-corrected chi connectivity index (χ3v) is 4.11. The number of nitrogens with one attached hydrogen (secondary N) is 1. The quantitative estimate of drug-likeness (QED) is 0.850. The number of hydrogen-bond donors (Lipinski definition) is 2. The minimum atomic E-state index is -1.02. The van der Waals surface area contributed by atoms with Crippen LogP contribution in [-0.2, 0) is 11.2 Å². The third-order valence-electron chi connectivity index (χ3n) is 4.11. The minimum Gasteiger partial charge on any atom is -0.478 e. The SMILES string of the molecule is Cc1ccccc1C(NC(=O)Cc1ccccc1C(=O)O)C(C)C. The number of benzene rings is 2. The summed E-state index contributed by atoms with van der Waals surface area (Å²) in [5.41, 5.74) is 2.91. The molecule has 0 saturated heterocycles. The summed E-state index contributed by atoms with van der Waals surface area (Å²) >= 11 is 0. The van der Waals surface area contributed by atoms with E-state index in [-0.39, 0.29) is 29.9 Å². The van der Waals surface area contributed by atoms with Gasteiger partial charge in [-0.25, -0.2) is 4.79 Å². The molecule has 1 amide bonds. The second-order valence-corrected chi connectivity index (χ2v) is 6.28. The molecule has 126 valence electrons. The first-order chi connectivity index (χ1) is 11.4. The number of hydrogen-bond acceptors (Lipinski definition) is 2. The van der Waals surface area contributed by atoms with Crippen LogP contribution in [0.15, 0.2) is 48.5 Å². The molecule has 1 unspecified atom stereocenters. The maximum absolute atomic E-state index is 12.5. The second-order valence-electron chi connectivity index (χ2n) is 6.28. The Hall–Kier alpha value is -2.62. The fourth-order valence-electron chi connectivity index (χ4n) is 2.82. The van der Waals surface area contributed by atoms with Crippen molar-refractivity contribution in [1.82, 2.24) is 5.32 Å². The average molecular weight is 325 g/mol. The van der Waals surface area contributed by atoms with Crippen molar-refractivity contribution in [2.24, 2.45) is 5.92 Å². The van der Waals surface area contributed by atoms with Gasteiger partial charge in [-0.3, -0.25) is 4.79 Å². The molecule has 0 aliphatic rings. The van der Waals surface area contributed by atoms with Gasteiger partial charge in [0.2, 0.25) is 5.91 Å². The van der Waals surface area contributed by atoms with Crippen LogP contribution in [-0.4, -0.2) is 17.0 Å². The van der Waals surface area contributed by atoms with Gasteiger partial charge in [0.25, 0.3) is 0 Å². The van der Waals surface area contributed by atoms with Crippen molar-refractivity contribution in [2.75, 3.05) is 0 Å². The zero-order chi connectivity index (χ0) is 17.7. The van der Waals surface area contributed by atoms with Crippen LogP contribution in [0.2, 0.25) is 0 Å². The number of aryl methyl sites for hydroxylation is 1. The van der Waals surface area contributed by atoms with Gasteiger partial charge in [-0.2, -0.15) is 0 Å². The molecule has 2 aromatic rings. The molecule has 24 heavy (non-hydrogen) atoms. The van der Waals surface area contributed by atoms with E-state index < -0.39 is 5.97 Å². The first-order valence-corrected chi connectivity index (χ1v) is 8.06. The number of carbonyl (C=O) groups is 2. The van der Waals surface area contributed by atoms with E-state index >= 15 is 0 Å². The Morgan fingerprint density at radius 2 is 1.67 bits per heavy atom. The van der Waals surface area contributed by atoms with E-state index in [0.717, 1.165) is 11.1 Å². The largest absolute Gasteiger partial charge is 0.478 e. The Morgan fingerprint density at radius 1 is 1.04 bits per heavy atom. The van der Waals surface area contributed by atoms with Gasteiger partial charge in [-0.05, 0) is 35.6 Å². The highest BCUT2D eigenvalue weighted by Crippen LogP contribution is 2.24. The molecule has 2 aromatic carbocycles. The predicted octanol–water partition coefficient (Wildman–Crippen LogP) is 3.75.